The lowest BCUT2D eigenvalue weighted by Gasteiger charge is -2.27. The van der Waals surface area contributed by atoms with Crippen LogP contribution in [0.3, 0.4) is 0 Å². The molecule has 0 saturated carbocycles. The third-order valence-electron chi connectivity index (χ3n) is 15.6. The van der Waals surface area contributed by atoms with Crippen molar-refractivity contribution in [3.05, 3.63) is 117 Å². The van der Waals surface area contributed by atoms with Crippen LogP contribution in [0.5, 0.6) is 23.0 Å². The van der Waals surface area contributed by atoms with Crippen molar-refractivity contribution >= 4 is 104 Å². The van der Waals surface area contributed by atoms with Gasteiger partial charge in [0.05, 0.1) is 96.2 Å². The van der Waals surface area contributed by atoms with E-state index in [4.69, 9.17) is 46.2 Å². The number of ether oxygens (including phenoxy) is 8. The summed E-state index contributed by atoms with van der Waals surface area (Å²) in [6, 6.07) is 19.7. The number of halogens is 1. The molecule has 4 atom stereocenters. The SMILES string of the molecule is C#C[C@](CN1Cc2ccc(OC)cc2C1=O)(N=COOC)C(=O)OC.C#C[C@]1(CN2Cc3ccc(OC)cc3C2=O)NC(=O)NC1=O.COC(=O)NC(C#C[Si](C)(C)C)C(=O)OC.COOC=N[C@](C#C[Si](C)(C)C)(CN1Cc2ccc(OC)cc2C1=O)C(=O)OC.COc1ccc2c(c1)C(=O)N(CBr)C2. The van der Waals surface area contributed by atoms with Gasteiger partial charge in [-0.05, 0) is 70.8 Å². The number of benzene rings is 4. The molecule has 106 heavy (non-hydrogen) atoms. The summed E-state index contributed by atoms with van der Waals surface area (Å²) in [5.41, 5.74) is 7.62. The molecule has 1 unspecified atom stereocenters. The number of methoxy groups -OCH3 is 8. The van der Waals surface area contributed by atoms with Crippen LogP contribution in [0.15, 0.2) is 82.8 Å². The number of urea groups is 1. The molecule has 564 valence electrons. The molecule has 5 heterocycles. The van der Waals surface area contributed by atoms with Gasteiger partial charge >= 0.3 is 30.0 Å². The number of imide groups is 1. The number of carbonyl (C=O) groups is 10. The molecule has 1 saturated heterocycles. The molecule has 5 aliphatic rings. The zero-order chi connectivity index (χ0) is 78.9. The van der Waals surface area contributed by atoms with Crippen LogP contribution in [0.25, 0.3) is 0 Å². The van der Waals surface area contributed by atoms with Gasteiger partial charge in [0.15, 0.2) is 11.6 Å². The number of hydrogen-bond donors (Lipinski definition) is 3. The van der Waals surface area contributed by atoms with Crippen molar-refractivity contribution < 1.29 is 105 Å². The molecule has 0 spiro atoms. The summed E-state index contributed by atoms with van der Waals surface area (Å²) in [5.74, 6) is 9.33. The van der Waals surface area contributed by atoms with E-state index in [1.165, 1.54) is 78.7 Å². The largest absolute Gasteiger partial charge is 0.497 e. The van der Waals surface area contributed by atoms with E-state index >= 15 is 0 Å². The fraction of sp³-hybridized carbons (Fsp3) is 0.389. The summed E-state index contributed by atoms with van der Waals surface area (Å²) < 4.78 is 39.2. The van der Waals surface area contributed by atoms with Gasteiger partial charge in [0.2, 0.25) is 23.9 Å². The van der Waals surface area contributed by atoms with E-state index in [1.54, 1.807) is 66.6 Å². The number of fused-ring (bicyclic) bond motifs is 4. The molecule has 5 aliphatic heterocycles. The minimum absolute atomic E-state index is 0.0655. The highest BCUT2D eigenvalue weighted by Gasteiger charge is 2.49. The van der Waals surface area contributed by atoms with E-state index in [0.29, 0.717) is 65.6 Å². The number of aliphatic imine (C=N–C) groups is 2. The van der Waals surface area contributed by atoms with Gasteiger partial charge in [0, 0.05) is 48.4 Å². The number of amides is 8. The van der Waals surface area contributed by atoms with Crippen LogP contribution in [0.2, 0.25) is 39.3 Å². The monoisotopic (exact) mass is 1560 g/mol. The van der Waals surface area contributed by atoms with Crippen molar-refractivity contribution in [1.29, 1.82) is 0 Å². The number of nitrogens with zero attached hydrogens (tertiary/aromatic N) is 6. The number of alkyl carbamates (subject to hydrolysis) is 1. The lowest BCUT2D eigenvalue weighted by Crippen LogP contribution is -2.54. The standard InChI is InChI=1S/C20H26N2O6Si.C17H18N2O6.C15H13N3O4.C10H10BrNO2.C10H17NO4Si/c1-25-16-8-7-15-12-22(18(23)17(15)11-16)13-20(19(24)26-2,21-14-28-27-3)9-10-29(4,5)6;1-5-17(16(21)23-3,18-11-25-24-4)10-19-9-12-6-7-13(22-2)8-14(12)15(19)20;1-3-15(13(20)16-14(21)17-15)8-18-7-9-4-5-10(22-2)6-11(9)12(18)19;1-14-8-3-2-7-5-12(6-11)10(13)9(7)4-8;1-14-9(12)8(11-10(13)15-2)6-7-16(3,4)5/h7-8,11,14H,12-13H2,1-6H3;1,6-8,11H,9-10H2,2-4H3;1,4-6H,7-8H2,2H3,(H2,16,17,20,21);2-4H,5-6H2,1H3;8H,1-5H3,(H,11,13)/t20-;17-;15-;;/m111../s1. The lowest BCUT2D eigenvalue weighted by atomic mass is 10.0. The zero-order valence-electron chi connectivity index (χ0n) is 61.5. The molecule has 4 aromatic rings. The Morgan fingerprint density at radius 1 is 0.566 bits per heavy atom. The molecule has 0 radical (unpaired) electrons. The average Bonchev–Trinajstić information content (AvgIpc) is 1.70. The molecule has 4 aromatic carbocycles. The van der Waals surface area contributed by atoms with Crippen molar-refractivity contribution in [2.24, 2.45) is 9.98 Å². The van der Waals surface area contributed by atoms with E-state index in [0.717, 1.165) is 46.4 Å². The summed E-state index contributed by atoms with van der Waals surface area (Å²) in [6.45, 7) is 13.5. The van der Waals surface area contributed by atoms with Gasteiger partial charge in [-0.1, -0.05) is 103 Å². The first-order valence-corrected chi connectivity index (χ1v) is 40.0. The van der Waals surface area contributed by atoms with Crippen LogP contribution in [0.1, 0.15) is 63.7 Å². The molecule has 3 N–H and O–H groups in total. The second-order valence-electron chi connectivity index (χ2n) is 25.1. The van der Waals surface area contributed by atoms with Crippen molar-refractivity contribution in [2.75, 3.05) is 96.2 Å². The zero-order valence-corrected chi connectivity index (χ0v) is 65.1. The third-order valence-corrected chi connectivity index (χ3v) is 18.0. The summed E-state index contributed by atoms with van der Waals surface area (Å²) >= 11 is 3.28. The van der Waals surface area contributed by atoms with E-state index in [2.05, 4.69) is 101 Å². The van der Waals surface area contributed by atoms with Crippen LogP contribution in [-0.4, -0.2) is 227 Å². The molecule has 8 amide bonds. The summed E-state index contributed by atoms with van der Waals surface area (Å²) in [4.78, 5) is 153. The van der Waals surface area contributed by atoms with Crippen LogP contribution in [0, 0.1) is 47.6 Å². The topological polar surface area (TPSA) is 355 Å². The van der Waals surface area contributed by atoms with Crippen LogP contribution < -0.4 is 34.9 Å². The molecule has 34 heteroatoms. The molecule has 31 nitrogen and oxygen atoms in total. The number of carbonyl (C=O) groups excluding carboxylic acids is 10. The first-order valence-electron chi connectivity index (χ1n) is 31.8. The smallest absolute Gasteiger partial charge is 0.408 e. The molecule has 1 fully saturated rings. The maximum Gasteiger partial charge on any atom is 0.408 e. The minimum Gasteiger partial charge on any atom is -0.497 e. The van der Waals surface area contributed by atoms with Crippen LogP contribution >= 0.6 is 15.9 Å². The predicted molar refractivity (Wildman–Crippen MR) is 393 cm³/mol. The number of alkyl halides is 1. The highest BCUT2D eigenvalue weighted by molar-refractivity contribution is 9.09. The van der Waals surface area contributed by atoms with Gasteiger partial charge in [-0.15, -0.1) is 23.9 Å². The fourth-order valence-electron chi connectivity index (χ4n) is 10.2. The quantitative estimate of drug-likeness (QED) is 0.00794. The minimum atomic E-state index is -1.86. The maximum absolute atomic E-state index is 13.0. The Morgan fingerprint density at radius 3 is 1.30 bits per heavy atom. The first kappa shape index (κ1) is 85.2. The van der Waals surface area contributed by atoms with Gasteiger partial charge in [-0.25, -0.2) is 34.0 Å². The highest BCUT2D eigenvalue weighted by Crippen LogP contribution is 2.33. The Kier molecular flexibility index (Phi) is 30.9. The molecule has 0 aromatic heterocycles. The van der Waals surface area contributed by atoms with Gasteiger partial charge < -0.3 is 72.6 Å². The Labute approximate surface area is 624 Å². The number of esters is 3. The van der Waals surface area contributed by atoms with E-state index in [1.807, 2.05) is 57.5 Å². The van der Waals surface area contributed by atoms with E-state index < -0.39 is 74.7 Å². The predicted octanol–water partition coefficient (Wildman–Crippen LogP) is 5.48. The molecular formula is C72H84BrN9O22Si2. The summed E-state index contributed by atoms with van der Waals surface area (Å²) in [7, 11) is 10.2. The van der Waals surface area contributed by atoms with Gasteiger partial charge in [0.1, 0.15) is 39.1 Å². The molecule has 9 rings (SSSR count). The Bertz CT molecular complexity index is 4260. The van der Waals surface area contributed by atoms with Gasteiger partial charge in [-0.2, -0.15) is 9.78 Å². The molecule has 0 aliphatic carbocycles. The number of nitrogens with one attached hydrogen (secondary N) is 3. The van der Waals surface area contributed by atoms with Crippen molar-refractivity contribution in [1.82, 2.24) is 35.6 Å². The van der Waals surface area contributed by atoms with Crippen molar-refractivity contribution in [3.8, 4) is 70.6 Å². The summed E-state index contributed by atoms with van der Waals surface area (Å²) in [5, 5.41) is 6.81. The normalized spacial score (nSPS) is 16.3. The van der Waals surface area contributed by atoms with Gasteiger partial charge in [0.25, 0.3) is 29.5 Å². The number of hydrogen-bond acceptors (Lipinski definition) is 24. The highest BCUT2D eigenvalue weighted by atomic mass is 79.9. The van der Waals surface area contributed by atoms with Crippen molar-refractivity contribution in [2.45, 2.75) is 88.1 Å². The van der Waals surface area contributed by atoms with E-state index in [-0.39, 0.29) is 43.3 Å². The second kappa shape index (κ2) is 38.4. The molecular weight excluding hydrogens is 1480 g/mol. The lowest BCUT2D eigenvalue weighted by molar-refractivity contribution is -0.188. The first-order chi connectivity index (χ1) is 50.2. The summed E-state index contributed by atoms with van der Waals surface area (Å²) in [6.07, 6.45) is 12.1. The third kappa shape index (κ3) is 22.1. The van der Waals surface area contributed by atoms with E-state index in [9.17, 15) is 47.9 Å². The Balaban J connectivity index is 0.000000243. The number of terminal acetylenes is 2. The number of rotatable bonds is 21. The van der Waals surface area contributed by atoms with Crippen molar-refractivity contribution in [3.63, 3.8) is 0 Å². The average molecular weight is 1560 g/mol. The van der Waals surface area contributed by atoms with Gasteiger partial charge in [-0.3, -0.25) is 34.6 Å². The second-order valence-corrected chi connectivity index (χ2v) is 35.1. The Morgan fingerprint density at radius 2 is 0.953 bits per heavy atom. The van der Waals surface area contributed by atoms with Crippen LogP contribution in [0.4, 0.5) is 9.59 Å². The van der Waals surface area contributed by atoms with Crippen LogP contribution in [-0.2, 0) is 83.9 Å². The Hall–Kier alpha value is -11.4. The molecule has 0 bridgehead atoms. The maximum atomic E-state index is 13.0. The fourth-order valence-corrected chi connectivity index (χ4v) is 11.8.